The number of hydrogen-bond acceptors (Lipinski definition) is 3. The Morgan fingerprint density at radius 3 is 2.00 bits per heavy atom. The first-order chi connectivity index (χ1) is 10.4. The summed E-state index contributed by atoms with van der Waals surface area (Å²) in [5.41, 5.74) is 3.73. The SMILES string of the molecule is C=C[Si](C)(OCCC)O[Si](C)(C=C)OC(CCC)CCCC. The van der Waals surface area contributed by atoms with Crippen LogP contribution in [0.4, 0.5) is 0 Å². The molecule has 0 saturated heterocycles. The van der Waals surface area contributed by atoms with Crippen LogP contribution in [0.25, 0.3) is 0 Å². The van der Waals surface area contributed by atoms with Crippen LogP contribution in [0.2, 0.25) is 13.1 Å². The number of hydrogen-bond donors (Lipinski definition) is 0. The van der Waals surface area contributed by atoms with E-state index in [0.29, 0.717) is 6.61 Å². The van der Waals surface area contributed by atoms with Crippen LogP contribution in [0.3, 0.4) is 0 Å². The van der Waals surface area contributed by atoms with E-state index in [2.05, 4.69) is 40.5 Å². The minimum Gasteiger partial charge on any atom is -0.409 e. The van der Waals surface area contributed by atoms with Gasteiger partial charge in [-0.25, -0.2) is 0 Å². The second-order valence-electron chi connectivity index (χ2n) is 6.06. The van der Waals surface area contributed by atoms with Crippen molar-refractivity contribution in [2.24, 2.45) is 0 Å². The van der Waals surface area contributed by atoms with Crippen molar-refractivity contribution in [3.63, 3.8) is 0 Å². The average molecular weight is 345 g/mol. The first kappa shape index (κ1) is 21.8. The van der Waals surface area contributed by atoms with Gasteiger partial charge in [-0.15, -0.1) is 13.2 Å². The minimum atomic E-state index is -2.45. The third kappa shape index (κ3) is 8.43. The molecule has 3 atom stereocenters. The van der Waals surface area contributed by atoms with Gasteiger partial charge in [-0.3, -0.25) is 0 Å². The van der Waals surface area contributed by atoms with Gasteiger partial charge >= 0.3 is 17.1 Å². The second-order valence-corrected chi connectivity index (χ2v) is 12.3. The summed E-state index contributed by atoms with van der Waals surface area (Å²) in [6, 6.07) is 0. The first-order valence-corrected chi connectivity index (χ1v) is 13.5. The zero-order valence-corrected chi connectivity index (χ0v) is 17.3. The Labute approximate surface area is 140 Å². The van der Waals surface area contributed by atoms with Crippen LogP contribution in [0, 0.1) is 0 Å². The maximum Gasteiger partial charge on any atom is 0.352 e. The molecule has 22 heavy (non-hydrogen) atoms. The van der Waals surface area contributed by atoms with Gasteiger partial charge in [0, 0.05) is 12.7 Å². The van der Waals surface area contributed by atoms with Crippen molar-refractivity contribution < 1.29 is 13.0 Å². The van der Waals surface area contributed by atoms with E-state index in [-0.39, 0.29) is 6.10 Å². The normalized spacial score (nSPS) is 18.2. The Morgan fingerprint density at radius 2 is 1.55 bits per heavy atom. The molecule has 0 aliphatic heterocycles. The highest BCUT2D eigenvalue weighted by atomic mass is 28.5. The maximum atomic E-state index is 6.41. The van der Waals surface area contributed by atoms with Gasteiger partial charge in [0.05, 0.1) is 0 Å². The maximum absolute atomic E-state index is 6.41. The molecule has 0 aromatic heterocycles. The lowest BCUT2D eigenvalue weighted by molar-refractivity contribution is 0.128. The molecule has 0 amide bonds. The predicted molar refractivity (Wildman–Crippen MR) is 100 cm³/mol. The lowest BCUT2D eigenvalue weighted by Gasteiger charge is -2.36. The van der Waals surface area contributed by atoms with Crippen LogP contribution >= 0.6 is 0 Å². The van der Waals surface area contributed by atoms with Crippen LogP contribution in [-0.2, 0) is 13.0 Å². The molecule has 0 aromatic rings. The largest absolute Gasteiger partial charge is 0.409 e. The van der Waals surface area contributed by atoms with E-state index < -0.39 is 17.1 Å². The Hall–Kier alpha value is -0.206. The van der Waals surface area contributed by atoms with Crippen LogP contribution < -0.4 is 0 Å². The summed E-state index contributed by atoms with van der Waals surface area (Å²) >= 11 is 0. The van der Waals surface area contributed by atoms with Gasteiger partial charge < -0.3 is 13.0 Å². The van der Waals surface area contributed by atoms with E-state index in [1.165, 1.54) is 12.8 Å². The molecule has 0 aromatic carbocycles. The molecule has 0 bridgehead atoms. The third-order valence-corrected chi connectivity index (χ3v) is 9.93. The van der Waals surface area contributed by atoms with E-state index in [1.54, 1.807) is 0 Å². The first-order valence-electron chi connectivity index (χ1n) is 8.67. The molecular formula is C17H36O3Si2. The quantitative estimate of drug-likeness (QED) is 0.395. The van der Waals surface area contributed by atoms with Gasteiger partial charge in [-0.05, 0) is 32.4 Å². The molecule has 0 aliphatic rings. The Bertz CT molecular complexity index is 325. The van der Waals surface area contributed by atoms with Crippen molar-refractivity contribution >= 4 is 17.1 Å². The fraction of sp³-hybridized carbons (Fsp3) is 0.765. The van der Waals surface area contributed by atoms with Crippen molar-refractivity contribution in [1.29, 1.82) is 0 Å². The highest BCUT2D eigenvalue weighted by Gasteiger charge is 2.40. The van der Waals surface area contributed by atoms with E-state index in [4.69, 9.17) is 13.0 Å². The van der Waals surface area contributed by atoms with Crippen molar-refractivity contribution in [1.82, 2.24) is 0 Å². The van der Waals surface area contributed by atoms with Gasteiger partial charge in [0.15, 0.2) is 0 Å². The summed E-state index contributed by atoms with van der Waals surface area (Å²) in [6.07, 6.45) is 6.90. The third-order valence-electron chi connectivity index (χ3n) is 3.63. The summed E-state index contributed by atoms with van der Waals surface area (Å²) in [5.74, 6) is 0. The molecule has 0 radical (unpaired) electrons. The predicted octanol–water partition coefficient (Wildman–Crippen LogP) is 5.40. The Morgan fingerprint density at radius 1 is 0.909 bits per heavy atom. The zero-order chi connectivity index (χ0) is 17.1. The van der Waals surface area contributed by atoms with Gasteiger partial charge in [0.2, 0.25) is 0 Å². The van der Waals surface area contributed by atoms with Crippen LogP contribution in [0.1, 0.15) is 59.3 Å². The summed E-state index contributed by atoms with van der Waals surface area (Å²) < 4.78 is 18.7. The molecule has 0 saturated carbocycles. The highest BCUT2D eigenvalue weighted by molar-refractivity contribution is 6.84. The van der Waals surface area contributed by atoms with Gasteiger partial charge in [-0.2, -0.15) is 0 Å². The number of rotatable bonds is 14. The van der Waals surface area contributed by atoms with Crippen LogP contribution in [0.5, 0.6) is 0 Å². The smallest absolute Gasteiger partial charge is 0.352 e. The van der Waals surface area contributed by atoms with Gasteiger partial charge in [0.25, 0.3) is 0 Å². The molecule has 5 heteroatoms. The van der Waals surface area contributed by atoms with Crippen molar-refractivity contribution in [3.8, 4) is 0 Å². The monoisotopic (exact) mass is 344 g/mol. The standard InChI is InChI=1S/C17H36O3Si2/c1-8-13-15-17(14-9-2)19-22(7,12-5)20-21(6,11-4)18-16-10-3/h11-12,17H,4-5,8-10,13-16H2,1-3,6-7H3. The van der Waals surface area contributed by atoms with Crippen LogP contribution in [0.15, 0.2) is 24.6 Å². The zero-order valence-electron chi connectivity index (χ0n) is 15.3. The summed E-state index contributed by atoms with van der Waals surface area (Å²) in [4.78, 5) is 0. The molecule has 0 aliphatic carbocycles. The highest BCUT2D eigenvalue weighted by Crippen LogP contribution is 2.23. The molecule has 130 valence electrons. The second kappa shape index (κ2) is 11.3. The fourth-order valence-electron chi connectivity index (χ4n) is 2.30. The average Bonchev–Trinajstić information content (AvgIpc) is 2.50. The van der Waals surface area contributed by atoms with E-state index >= 15 is 0 Å². The molecule has 3 nitrogen and oxygen atoms in total. The molecule has 0 rings (SSSR count). The van der Waals surface area contributed by atoms with Gasteiger partial charge in [-0.1, -0.05) is 51.4 Å². The number of unbranched alkanes of at least 4 members (excludes halogenated alkanes) is 1. The summed E-state index contributed by atoms with van der Waals surface area (Å²) in [7, 11) is -4.84. The van der Waals surface area contributed by atoms with Crippen molar-refractivity contribution in [2.45, 2.75) is 78.5 Å². The summed E-state index contributed by atoms with van der Waals surface area (Å²) in [5, 5.41) is 0. The van der Waals surface area contributed by atoms with E-state index in [1.807, 2.05) is 17.9 Å². The molecule has 0 heterocycles. The lowest BCUT2D eigenvalue weighted by atomic mass is 10.1. The molecule has 0 spiro atoms. The lowest BCUT2D eigenvalue weighted by Crippen LogP contribution is -2.51. The topological polar surface area (TPSA) is 27.7 Å². The van der Waals surface area contributed by atoms with Crippen LogP contribution in [-0.4, -0.2) is 29.8 Å². The molecular weight excluding hydrogens is 308 g/mol. The van der Waals surface area contributed by atoms with Crippen molar-refractivity contribution in [2.75, 3.05) is 6.61 Å². The molecule has 3 unspecified atom stereocenters. The Balaban J connectivity index is 4.89. The minimum absolute atomic E-state index is 0.258. The Kier molecular flexibility index (Phi) is 11.2. The summed E-state index contributed by atoms with van der Waals surface area (Å²) in [6.45, 7) is 19.2. The van der Waals surface area contributed by atoms with E-state index in [9.17, 15) is 0 Å². The van der Waals surface area contributed by atoms with Gasteiger partial charge in [0.1, 0.15) is 0 Å². The van der Waals surface area contributed by atoms with E-state index in [0.717, 1.165) is 25.7 Å². The fourth-order valence-corrected chi connectivity index (χ4v) is 8.33. The van der Waals surface area contributed by atoms with Crippen molar-refractivity contribution in [3.05, 3.63) is 24.6 Å². The molecule has 0 N–H and O–H groups in total. The molecule has 0 fully saturated rings.